The summed E-state index contributed by atoms with van der Waals surface area (Å²) in [6, 6.07) is 4.83. The predicted molar refractivity (Wildman–Crippen MR) is 74.4 cm³/mol. The van der Waals surface area contributed by atoms with Crippen molar-refractivity contribution in [2.45, 2.75) is 25.2 Å². The first-order chi connectivity index (χ1) is 7.91. The van der Waals surface area contributed by atoms with Crippen molar-refractivity contribution < 1.29 is 9.90 Å². The number of aliphatic hydroxyl groups is 1. The molecule has 0 amide bonds. The zero-order chi connectivity index (χ0) is 13.0. The summed E-state index contributed by atoms with van der Waals surface area (Å²) in [6.45, 7) is 3.58. The van der Waals surface area contributed by atoms with Crippen LogP contribution in [0.4, 0.5) is 0 Å². The molecule has 0 bridgehead atoms. The van der Waals surface area contributed by atoms with E-state index >= 15 is 0 Å². The fourth-order valence-corrected chi connectivity index (χ4v) is 2.38. The quantitative estimate of drug-likeness (QED) is 0.841. The standard InChI is InChI=1S/C12H14Cl2O2S/c1-7(15)8(2)17-6-12(16)10-5-9(13)3-4-11(10)14/h3-5,7-8,15H,6H2,1-2H3. The number of ketones is 1. The maximum atomic E-state index is 11.9. The van der Waals surface area contributed by atoms with E-state index in [9.17, 15) is 9.90 Å². The normalized spacial score (nSPS) is 14.4. The number of aliphatic hydroxyl groups excluding tert-OH is 1. The van der Waals surface area contributed by atoms with Crippen LogP contribution in [-0.2, 0) is 0 Å². The van der Waals surface area contributed by atoms with Gasteiger partial charge in [-0.05, 0) is 25.1 Å². The van der Waals surface area contributed by atoms with Crippen molar-refractivity contribution >= 4 is 40.7 Å². The van der Waals surface area contributed by atoms with Crippen LogP contribution in [0.5, 0.6) is 0 Å². The van der Waals surface area contributed by atoms with Crippen molar-refractivity contribution in [3.63, 3.8) is 0 Å². The highest BCUT2D eigenvalue weighted by molar-refractivity contribution is 8.00. The van der Waals surface area contributed by atoms with Gasteiger partial charge in [-0.15, -0.1) is 11.8 Å². The summed E-state index contributed by atoms with van der Waals surface area (Å²) in [6.07, 6.45) is -0.442. The van der Waals surface area contributed by atoms with Gasteiger partial charge in [-0.3, -0.25) is 4.79 Å². The summed E-state index contributed by atoms with van der Waals surface area (Å²) in [5, 5.41) is 10.2. The third kappa shape index (κ3) is 4.51. The van der Waals surface area contributed by atoms with Crippen LogP contribution < -0.4 is 0 Å². The van der Waals surface area contributed by atoms with Gasteiger partial charge in [0.05, 0.1) is 16.9 Å². The van der Waals surface area contributed by atoms with Crippen molar-refractivity contribution in [2.24, 2.45) is 0 Å². The van der Waals surface area contributed by atoms with Crippen LogP contribution >= 0.6 is 35.0 Å². The van der Waals surface area contributed by atoms with Gasteiger partial charge in [0, 0.05) is 15.8 Å². The number of rotatable bonds is 5. The number of halogens is 2. The van der Waals surface area contributed by atoms with Gasteiger partial charge >= 0.3 is 0 Å². The molecule has 0 aliphatic carbocycles. The molecular weight excluding hydrogens is 279 g/mol. The average Bonchev–Trinajstić information content (AvgIpc) is 2.28. The van der Waals surface area contributed by atoms with E-state index in [1.165, 1.54) is 11.8 Å². The Morgan fingerprint density at radius 3 is 2.65 bits per heavy atom. The van der Waals surface area contributed by atoms with E-state index in [4.69, 9.17) is 23.2 Å². The van der Waals surface area contributed by atoms with Gasteiger partial charge in [-0.1, -0.05) is 30.1 Å². The number of Topliss-reactive ketones (excluding diaryl/α,β-unsaturated/α-hetero) is 1. The Labute approximate surface area is 115 Å². The zero-order valence-electron chi connectivity index (χ0n) is 9.61. The Balaban J connectivity index is 2.67. The summed E-state index contributed by atoms with van der Waals surface area (Å²) < 4.78 is 0. The lowest BCUT2D eigenvalue weighted by molar-refractivity contribution is 0.102. The maximum Gasteiger partial charge on any atom is 0.174 e. The average molecular weight is 293 g/mol. The molecule has 0 aliphatic heterocycles. The highest BCUT2D eigenvalue weighted by Crippen LogP contribution is 2.23. The van der Waals surface area contributed by atoms with E-state index in [0.717, 1.165) is 0 Å². The van der Waals surface area contributed by atoms with Crippen LogP contribution in [0.2, 0.25) is 10.0 Å². The fourth-order valence-electron chi connectivity index (χ4n) is 1.14. The molecule has 17 heavy (non-hydrogen) atoms. The molecule has 2 atom stereocenters. The number of hydrogen-bond donors (Lipinski definition) is 1. The van der Waals surface area contributed by atoms with Crippen LogP contribution in [0, 0.1) is 0 Å². The molecule has 0 aromatic heterocycles. The minimum atomic E-state index is -0.442. The lowest BCUT2D eigenvalue weighted by Gasteiger charge is -2.13. The number of thioether (sulfide) groups is 1. The van der Waals surface area contributed by atoms with Crippen LogP contribution in [0.1, 0.15) is 24.2 Å². The number of carbonyl (C=O) groups is 1. The smallest absolute Gasteiger partial charge is 0.174 e. The second-order valence-electron chi connectivity index (χ2n) is 3.80. The third-order valence-corrected chi connectivity index (χ3v) is 4.30. The first kappa shape index (κ1) is 14.8. The van der Waals surface area contributed by atoms with E-state index in [-0.39, 0.29) is 16.8 Å². The van der Waals surface area contributed by atoms with Crippen LogP contribution in [-0.4, -0.2) is 28.0 Å². The first-order valence-electron chi connectivity index (χ1n) is 5.19. The molecule has 0 aliphatic rings. The van der Waals surface area contributed by atoms with E-state index in [1.54, 1.807) is 25.1 Å². The van der Waals surface area contributed by atoms with Crippen LogP contribution in [0.3, 0.4) is 0 Å². The Kier molecular flexibility index (Phi) is 5.80. The van der Waals surface area contributed by atoms with Crippen molar-refractivity contribution in [2.75, 3.05) is 5.75 Å². The highest BCUT2D eigenvalue weighted by atomic mass is 35.5. The molecule has 5 heteroatoms. The van der Waals surface area contributed by atoms with Crippen molar-refractivity contribution in [1.29, 1.82) is 0 Å². The van der Waals surface area contributed by atoms with Gasteiger partial charge in [0.25, 0.3) is 0 Å². The van der Waals surface area contributed by atoms with Crippen molar-refractivity contribution in [1.82, 2.24) is 0 Å². The molecule has 1 rings (SSSR count). The molecule has 0 radical (unpaired) electrons. The Hall–Kier alpha value is -0.220. The van der Waals surface area contributed by atoms with E-state index in [2.05, 4.69) is 0 Å². The van der Waals surface area contributed by atoms with Gasteiger partial charge in [0.1, 0.15) is 0 Å². The molecule has 0 heterocycles. The Bertz CT molecular complexity index is 407. The highest BCUT2D eigenvalue weighted by Gasteiger charge is 2.15. The molecule has 1 aromatic carbocycles. The Morgan fingerprint density at radius 2 is 2.06 bits per heavy atom. The molecular formula is C12H14Cl2O2S. The molecule has 0 spiro atoms. The lowest BCUT2D eigenvalue weighted by Crippen LogP contribution is -2.17. The summed E-state index contributed by atoms with van der Waals surface area (Å²) in [7, 11) is 0. The zero-order valence-corrected chi connectivity index (χ0v) is 11.9. The fraction of sp³-hybridized carbons (Fsp3) is 0.417. The Morgan fingerprint density at radius 1 is 1.41 bits per heavy atom. The molecule has 2 nitrogen and oxygen atoms in total. The van der Waals surface area contributed by atoms with Gasteiger partial charge < -0.3 is 5.11 Å². The van der Waals surface area contributed by atoms with E-state index in [0.29, 0.717) is 15.6 Å². The molecule has 1 aromatic rings. The topological polar surface area (TPSA) is 37.3 Å². The minimum Gasteiger partial charge on any atom is -0.392 e. The van der Waals surface area contributed by atoms with Gasteiger partial charge in [-0.2, -0.15) is 0 Å². The lowest BCUT2D eigenvalue weighted by atomic mass is 10.1. The first-order valence-corrected chi connectivity index (χ1v) is 7.00. The molecule has 0 saturated carbocycles. The largest absolute Gasteiger partial charge is 0.392 e. The minimum absolute atomic E-state index is 0.0110. The number of hydrogen-bond acceptors (Lipinski definition) is 3. The van der Waals surface area contributed by atoms with Crippen molar-refractivity contribution in [3.8, 4) is 0 Å². The second-order valence-corrected chi connectivity index (χ2v) is 6.01. The summed E-state index contributed by atoms with van der Waals surface area (Å²) in [5.74, 6) is 0.210. The third-order valence-electron chi connectivity index (χ3n) is 2.39. The van der Waals surface area contributed by atoms with Crippen LogP contribution in [0.25, 0.3) is 0 Å². The van der Waals surface area contributed by atoms with E-state index in [1.807, 2.05) is 6.92 Å². The van der Waals surface area contributed by atoms with Gasteiger partial charge in [0.2, 0.25) is 0 Å². The van der Waals surface area contributed by atoms with Crippen molar-refractivity contribution in [3.05, 3.63) is 33.8 Å². The van der Waals surface area contributed by atoms with Crippen LogP contribution in [0.15, 0.2) is 18.2 Å². The SMILES string of the molecule is CC(O)C(C)SCC(=O)c1cc(Cl)ccc1Cl. The molecule has 0 saturated heterocycles. The molecule has 1 N–H and O–H groups in total. The van der Waals surface area contributed by atoms with Gasteiger partial charge in [0.15, 0.2) is 5.78 Å². The molecule has 0 fully saturated rings. The summed E-state index contributed by atoms with van der Waals surface area (Å²) in [4.78, 5) is 11.9. The summed E-state index contributed by atoms with van der Waals surface area (Å²) >= 11 is 13.1. The monoisotopic (exact) mass is 292 g/mol. The number of carbonyl (C=O) groups excluding carboxylic acids is 1. The summed E-state index contributed by atoms with van der Waals surface area (Å²) in [5.41, 5.74) is 0.435. The van der Waals surface area contributed by atoms with E-state index < -0.39 is 6.10 Å². The van der Waals surface area contributed by atoms with Gasteiger partial charge in [-0.25, -0.2) is 0 Å². The maximum absolute atomic E-state index is 11.9. The molecule has 2 unspecified atom stereocenters. The second kappa shape index (κ2) is 6.64. The predicted octanol–water partition coefficient (Wildman–Crippen LogP) is 3.68. The molecule has 94 valence electrons. The number of benzene rings is 1.